The molecule has 0 saturated heterocycles. The van der Waals surface area contributed by atoms with E-state index in [1.165, 1.54) is 12.1 Å². The first kappa shape index (κ1) is 24.8. The molecule has 1 amide bonds. The van der Waals surface area contributed by atoms with Crippen LogP contribution in [0.4, 0.5) is 5.82 Å². The van der Waals surface area contributed by atoms with Gasteiger partial charge in [0.25, 0.3) is 5.91 Å². The number of imidazole rings is 1. The van der Waals surface area contributed by atoms with E-state index in [1.54, 1.807) is 24.7 Å². The topological polar surface area (TPSA) is 153 Å². The summed E-state index contributed by atoms with van der Waals surface area (Å²) in [6.07, 6.45) is 8.95. The average Bonchev–Trinajstić information content (AvgIpc) is 3.15. The Labute approximate surface area is 175 Å². The van der Waals surface area contributed by atoms with Gasteiger partial charge in [0.2, 0.25) is 0 Å². The van der Waals surface area contributed by atoms with Gasteiger partial charge in [-0.3, -0.25) is 9.59 Å². The summed E-state index contributed by atoms with van der Waals surface area (Å²) < 4.78 is 1.83. The molecular formula is C21H29N3O6. The fourth-order valence-corrected chi connectivity index (χ4v) is 3.19. The van der Waals surface area contributed by atoms with Crippen molar-refractivity contribution >= 4 is 23.7 Å². The summed E-state index contributed by atoms with van der Waals surface area (Å²) in [6, 6.07) is 5.94. The number of anilines is 1. The van der Waals surface area contributed by atoms with Gasteiger partial charge in [-0.1, -0.05) is 44.7 Å². The molecule has 9 heteroatoms. The van der Waals surface area contributed by atoms with Gasteiger partial charge in [0.1, 0.15) is 0 Å². The molecule has 1 heterocycles. The molecular weight excluding hydrogens is 390 g/mol. The summed E-state index contributed by atoms with van der Waals surface area (Å²) in [5, 5.41) is 20.9. The number of nitrogens with one attached hydrogen (secondary N) is 1. The Balaban J connectivity index is 0.00000450. The van der Waals surface area contributed by atoms with Gasteiger partial charge in [-0.05, 0) is 25.0 Å². The predicted octanol–water partition coefficient (Wildman–Crippen LogP) is 3.39. The first-order chi connectivity index (χ1) is 13.9. The van der Waals surface area contributed by atoms with E-state index in [2.05, 4.69) is 17.2 Å². The van der Waals surface area contributed by atoms with Crippen molar-refractivity contribution in [3.8, 4) is 0 Å². The highest BCUT2D eigenvalue weighted by Crippen LogP contribution is 2.23. The van der Waals surface area contributed by atoms with E-state index < -0.39 is 17.8 Å². The molecule has 30 heavy (non-hydrogen) atoms. The van der Waals surface area contributed by atoms with Gasteiger partial charge in [-0.2, -0.15) is 0 Å². The number of nitrogens with zero attached hydrogens (tertiary/aromatic N) is 2. The van der Waals surface area contributed by atoms with Crippen molar-refractivity contribution in [2.75, 3.05) is 5.32 Å². The number of rotatable bonds is 12. The van der Waals surface area contributed by atoms with Crippen LogP contribution in [0.2, 0.25) is 0 Å². The number of benzene rings is 1. The summed E-state index contributed by atoms with van der Waals surface area (Å²) in [6.45, 7) is 2.13. The van der Waals surface area contributed by atoms with Crippen LogP contribution in [0.5, 0.6) is 0 Å². The number of carbonyl (C=O) groups is 3. The Morgan fingerprint density at radius 3 is 2.40 bits per heavy atom. The zero-order valence-corrected chi connectivity index (χ0v) is 17.0. The third-order valence-electron chi connectivity index (χ3n) is 4.75. The lowest BCUT2D eigenvalue weighted by atomic mass is 10.0. The van der Waals surface area contributed by atoms with Gasteiger partial charge in [0, 0.05) is 18.7 Å². The molecule has 1 aromatic carbocycles. The molecule has 0 aliphatic carbocycles. The second-order valence-corrected chi connectivity index (χ2v) is 6.95. The minimum atomic E-state index is -1.18. The van der Waals surface area contributed by atoms with E-state index in [9.17, 15) is 19.5 Å². The van der Waals surface area contributed by atoms with Crippen LogP contribution >= 0.6 is 0 Å². The Kier molecular flexibility index (Phi) is 10.3. The Bertz CT molecular complexity index is 849. The molecule has 0 spiro atoms. The Morgan fingerprint density at radius 2 is 1.77 bits per heavy atom. The van der Waals surface area contributed by atoms with Crippen LogP contribution in [0, 0.1) is 0 Å². The molecule has 2 aromatic rings. The van der Waals surface area contributed by atoms with Crippen LogP contribution in [0.1, 0.15) is 78.6 Å². The minimum absolute atomic E-state index is 0. The van der Waals surface area contributed by atoms with Gasteiger partial charge in [-0.15, -0.1) is 0 Å². The van der Waals surface area contributed by atoms with E-state index in [-0.39, 0.29) is 29.1 Å². The van der Waals surface area contributed by atoms with Gasteiger partial charge in [-0.25, -0.2) is 9.78 Å². The number of carboxylic acid groups (broad SMARTS) is 2. The van der Waals surface area contributed by atoms with Gasteiger partial charge < -0.3 is 25.6 Å². The highest BCUT2D eigenvalue weighted by atomic mass is 16.4. The largest absolute Gasteiger partial charge is 0.481 e. The third kappa shape index (κ3) is 7.32. The van der Waals surface area contributed by atoms with Gasteiger partial charge in [0.15, 0.2) is 5.82 Å². The number of hydrogen-bond acceptors (Lipinski definition) is 4. The fourth-order valence-electron chi connectivity index (χ4n) is 3.19. The number of hydrogen-bond donors (Lipinski definition) is 3. The van der Waals surface area contributed by atoms with Crippen molar-refractivity contribution in [3.05, 3.63) is 47.9 Å². The number of aromatic nitrogens is 2. The van der Waals surface area contributed by atoms with Crippen molar-refractivity contribution < 1.29 is 30.1 Å². The number of carboxylic acids is 2. The van der Waals surface area contributed by atoms with Crippen molar-refractivity contribution in [2.45, 2.75) is 57.9 Å². The van der Waals surface area contributed by atoms with Crippen molar-refractivity contribution in [1.29, 1.82) is 0 Å². The number of carbonyl (C=O) groups excluding carboxylic acids is 1. The third-order valence-corrected chi connectivity index (χ3v) is 4.75. The quantitative estimate of drug-likeness (QED) is 0.448. The monoisotopic (exact) mass is 419 g/mol. The van der Waals surface area contributed by atoms with Crippen LogP contribution in [0.3, 0.4) is 0 Å². The molecule has 0 fully saturated rings. The fraction of sp³-hybridized carbons (Fsp3) is 0.429. The Hall–Kier alpha value is -3.20. The molecule has 0 aliphatic rings. The first-order valence-corrected chi connectivity index (χ1v) is 9.81. The molecule has 9 nitrogen and oxygen atoms in total. The molecule has 1 unspecified atom stereocenters. The maximum absolute atomic E-state index is 12.5. The van der Waals surface area contributed by atoms with Crippen molar-refractivity contribution in [2.24, 2.45) is 0 Å². The molecule has 1 aromatic heterocycles. The lowest BCUT2D eigenvalue weighted by Gasteiger charge is -2.17. The highest BCUT2D eigenvalue weighted by molar-refractivity contribution is 6.10. The molecule has 5 N–H and O–H groups in total. The lowest BCUT2D eigenvalue weighted by molar-refractivity contribution is -0.137. The summed E-state index contributed by atoms with van der Waals surface area (Å²) in [5.41, 5.74) is -0.0313. The van der Waals surface area contributed by atoms with E-state index in [1.807, 2.05) is 4.57 Å². The zero-order chi connectivity index (χ0) is 21.2. The number of unbranched alkanes of at least 4 members (excludes halogenated alkanes) is 3. The van der Waals surface area contributed by atoms with E-state index in [0.717, 1.165) is 32.1 Å². The molecule has 0 radical (unpaired) electrons. The lowest BCUT2D eigenvalue weighted by Crippen LogP contribution is -2.16. The summed E-state index contributed by atoms with van der Waals surface area (Å²) >= 11 is 0. The molecule has 1 atom stereocenters. The van der Waals surface area contributed by atoms with Crippen molar-refractivity contribution in [3.63, 3.8) is 0 Å². The zero-order valence-electron chi connectivity index (χ0n) is 17.0. The standard InChI is InChI=1S/C21H27N3O5.H2O/c1-2-3-4-5-8-15(11-12-19(25)26)24-13-18(22-14-24)23-20(27)16-9-6-7-10-17(16)21(28)29;/h6-7,9-10,13-15H,2-5,8,11-12H2,1H3,(H,23,27)(H,25,26)(H,28,29);1H2. The van der Waals surface area contributed by atoms with Crippen LogP contribution < -0.4 is 5.32 Å². The number of aromatic carboxylic acids is 1. The summed E-state index contributed by atoms with van der Waals surface area (Å²) in [4.78, 5) is 38.9. The maximum Gasteiger partial charge on any atom is 0.336 e. The summed E-state index contributed by atoms with van der Waals surface area (Å²) in [5.74, 6) is -2.29. The van der Waals surface area contributed by atoms with Crippen molar-refractivity contribution in [1.82, 2.24) is 9.55 Å². The second-order valence-electron chi connectivity index (χ2n) is 6.95. The second kappa shape index (κ2) is 12.4. The predicted molar refractivity (Wildman–Crippen MR) is 112 cm³/mol. The van der Waals surface area contributed by atoms with Gasteiger partial charge >= 0.3 is 11.9 Å². The smallest absolute Gasteiger partial charge is 0.336 e. The van der Waals surface area contributed by atoms with E-state index >= 15 is 0 Å². The van der Waals surface area contributed by atoms with Gasteiger partial charge in [0.05, 0.1) is 17.5 Å². The SMILES string of the molecule is CCCCCCC(CCC(=O)O)n1cnc(NC(=O)c2ccccc2C(=O)O)c1.O. The average molecular weight is 419 g/mol. The summed E-state index contributed by atoms with van der Waals surface area (Å²) in [7, 11) is 0. The van der Waals surface area contributed by atoms with Crippen LogP contribution in [-0.2, 0) is 4.79 Å². The highest BCUT2D eigenvalue weighted by Gasteiger charge is 2.18. The molecule has 0 saturated carbocycles. The molecule has 2 rings (SSSR count). The van der Waals surface area contributed by atoms with E-state index in [4.69, 9.17) is 5.11 Å². The Morgan fingerprint density at radius 1 is 1.07 bits per heavy atom. The minimum Gasteiger partial charge on any atom is -0.481 e. The normalized spacial score (nSPS) is 11.4. The molecule has 164 valence electrons. The van der Waals surface area contributed by atoms with Crippen LogP contribution in [-0.4, -0.2) is 43.1 Å². The van der Waals surface area contributed by atoms with Crippen LogP contribution in [0.15, 0.2) is 36.8 Å². The maximum atomic E-state index is 12.5. The molecule has 0 aliphatic heterocycles. The van der Waals surface area contributed by atoms with E-state index in [0.29, 0.717) is 12.2 Å². The molecule has 0 bridgehead atoms. The van der Waals surface area contributed by atoms with Crippen LogP contribution in [0.25, 0.3) is 0 Å². The number of amides is 1. The first-order valence-electron chi connectivity index (χ1n) is 9.81. The number of aliphatic carboxylic acids is 1.